The van der Waals surface area contributed by atoms with Crippen LogP contribution in [0.2, 0.25) is 0 Å². The molecule has 184 valence electrons. The molecule has 0 N–H and O–H groups in total. The van der Waals surface area contributed by atoms with Crippen LogP contribution < -0.4 is 0 Å². The summed E-state index contributed by atoms with van der Waals surface area (Å²) in [7, 11) is 0. The summed E-state index contributed by atoms with van der Waals surface area (Å²) in [5, 5.41) is 9.57. The van der Waals surface area contributed by atoms with Crippen LogP contribution in [0, 0.1) is 0 Å². The van der Waals surface area contributed by atoms with E-state index in [2.05, 4.69) is 41.2 Å². The van der Waals surface area contributed by atoms with Gasteiger partial charge in [-0.15, -0.1) is 10.2 Å². The zero-order chi connectivity index (χ0) is 24.8. The van der Waals surface area contributed by atoms with Crippen LogP contribution in [0.5, 0.6) is 0 Å². The van der Waals surface area contributed by atoms with Gasteiger partial charge in [0.25, 0.3) is 0 Å². The second kappa shape index (κ2) is 11.4. The molecular weight excluding hydrogens is 464 g/mol. The molecule has 0 radical (unpaired) electrons. The fourth-order valence-corrected chi connectivity index (χ4v) is 4.86. The van der Waals surface area contributed by atoms with Crippen LogP contribution in [-0.4, -0.2) is 80.1 Å². The highest BCUT2D eigenvalue weighted by atomic mass is 32.2. The minimum absolute atomic E-state index is 0.00753. The summed E-state index contributed by atoms with van der Waals surface area (Å²) in [5.41, 5.74) is 3.01. The van der Waals surface area contributed by atoms with Gasteiger partial charge in [-0.3, -0.25) is 14.3 Å². The van der Waals surface area contributed by atoms with Gasteiger partial charge in [-0.25, -0.2) is 4.79 Å². The highest BCUT2D eigenvalue weighted by Gasteiger charge is 2.26. The van der Waals surface area contributed by atoms with Gasteiger partial charge in [0.15, 0.2) is 11.0 Å². The first-order chi connectivity index (χ1) is 17.0. The molecule has 0 saturated carbocycles. The first-order valence-electron chi connectivity index (χ1n) is 11.8. The third-order valence-electron chi connectivity index (χ3n) is 5.84. The van der Waals surface area contributed by atoms with E-state index in [4.69, 9.17) is 4.74 Å². The summed E-state index contributed by atoms with van der Waals surface area (Å²) >= 11 is 1.37. The number of thioether (sulfide) groups is 1. The Morgan fingerprint density at radius 1 is 1.03 bits per heavy atom. The number of hydrogen-bond acceptors (Lipinski definition) is 7. The Kier molecular flexibility index (Phi) is 8.02. The van der Waals surface area contributed by atoms with Crippen molar-refractivity contribution in [1.82, 2.24) is 29.5 Å². The van der Waals surface area contributed by atoms with Gasteiger partial charge in [0.05, 0.1) is 18.0 Å². The van der Waals surface area contributed by atoms with Crippen LogP contribution in [0.4, 0.5) is 4.79 Å². The average molecular weight is 495 g/mol. The maximum atomic E-state index is 13.0. The number of rotatable bonds is 7. The lowest BCUT2D eigenvalue weighted by atomic mass is 10.0. The Labute approximate surface area is 209 Å². The smallest absolute Gasteiger partial charge is 0.409 e. The molecule has 9 nitrogen and oxygen atoms in total. The zero-order valence-electron chi connectivity index (χ0n) is 20.3. The molecule has 1 aromatic carbocycles. The second-order valence-corrected chi connectivity index (χ2v) is 9.39. The topological polar surface area (TPSA) is 93.4 Å². The van der Waals surface area contributed by atoms with E-state index in [0.717, 1.165) is 11.3 Å². The lowest BCUT2D eigenvalue weighted by molar-refractivity contribution is -0.129. The third kappa shape index (κ3) is 5.64. The van der Waals surface area contributed by atoms with Crippen LogP contribution in [0.1, 0.15) is 32.3 Å². The first kappa shape index (κ1) is 24.7. The first-order valence-corrected chi connectivity index (χ1v) is 12.8. The normalized spacial score (nSPS) is 13.8. The van der Waals surface area contributed by atoms with E-state index in [0.29, 0.717) is 49.7 Å². The van der Waals surface area contributed by atoms with Gasteiger partial charge in [0.2, 0.25) is 5.91 Å². The molecule has 0 spiro atoms. The molecule has 1 saturated heterocycles. The Hall–Kier alpha value is -3.40. The van der Waals surface area contributed by atoms with Crippen molar-refractivity contribution < 1.29 is 14.3 Å². The van der Waals surface area contributed by atoms with E-state index < -0.39 is 0 Å². The van der Waals surface area contributed by atoms with Gasteiger partial charge >= 0.3 is 6.09 Å². The van der Waals surface area contributed by atoms with Crippen molar-refractivity contribution >= 4 is 23.8 Å². The van der Waals surface area contributed by atoms with Gasteiger partial charge in [0, 0.05) is 44.1 Å². The standard InChI is InChI=1S/C25H30N6O3S/c1-4-34-25(33)30-14-12-29(13-15-30)22(32)17-35-24-28-27-23(19-8-7-11-26-16-19)31(24)21-10-6-5-9-20(21)18(2)3/h5-11,16,18H,4,12-15,17H2,1-3H3. The fourth-order valence-electron chi connectivity index (χ4n) is 4.01. The molecule has 0 atom stereocenters. The van der Waals surface area contributed by atoms with Crippen molar-refractivity contribution in [1.29, 1.82) is 0 Å². The number of nitrogens with zero attached hydrogens (tertiary/aromatic N) is 6. The second-order valence-electron chi connectivity index (χ2n) is 8.45. The molecule has 1 aliphatic rings. The fraction of sp³-hybridized carbons (Fsp3) is 0.400. The Morgan fingerprint density at radius 3 is 2.46 bits per heavy atom. The highest BCUT2D eigenvalue weighted by molar-refractivity contribution is 7.99. The molecule has 2 amide bonds. The molecular formula is C25H30N6O3S. The summed E-state index contributed by atoms with van der Waals surface area (Å²) in [4.78, 5) is 32.6. The summed E-state index contributed by atoms with van der Waals surface area (Å²) in [6, 6.07) is 12.0. The summed E-state index contributed by atoms with van der Waals surface area (Å²) in [6.45, 7) is 8.35. The van der Waals surface area contributed by atoms with Gasteiger partial charge < -0.3 is 14.5 Å². The van der Waals surface area contributed by atoms with Gasteiger partial charge in [-0.05, 0) is 36.6 Å². The number of amides is 2. The molecule has 1 aliphatic heterocycles. The maximum Gasteiger partial charge on any atom is 0.409 e. The van der Waals surface area contributed by atoms with E-state index in [1.165, 1.54) is 17.3 Å². The molecule has 2 aromatic heterocycles. The summed E-state index contributed by atoms with van der Waals surface area (Å²) < 4.78 is 7.08. The number of pyridine rings is 1. The van der Waals surface area contributed by atoms with Crippen molar-refractivity contribution in [2.75, 3.05) is 38.5 Å². The number of carbonyl (C=O) groups excluding carboxylic acids is 2. The van der Waals surface area contributed by atoms with E-state index in [9.17, 15) is 9.59 Å². The van der Waals surface area contributed by atoms with Crippen molar-refractivity contribution in [3.05, 3.63) is 54.4 Å². The van der Waals surface area contributed by atoms with Crippen molar-refractivity contribution in [3.8, 4) is 17.1 Å². The van der Waals surface area contributed by atoms with E-state index in [-0.39, 0.29) is 17.8 Å². The van der Waals surface area contributed by atoms with Gasteiger partial charge in [-0.2, -0.15) is 0 Å². The molecule has 10 heteroatoms. The van der Waals surface area contributed by atoms with Crippen molar-refractivity contribution in [2.24, 2.45) is 0 Å². The predicted molar refractivity (Wildman–Crippen MR) is 135 cm³/mol. The number of aromatic nitrogens is 4. The van der Waals surface area contributed by atoms with Gasteiger partial charge in [0.1, 0.15) is 0 Å². The lowest BCUT2D eigenvalue weighted by Crippen LogP contribution is -2.51. The van der Waals surface area contributed by atoms with Crippen LogP contribution in [-0.2, 0) is 9.53 Å². The Bertz CT molecular complexity index is 1160. The van der Waals surface area contributed by atoms with E-state index in [1.54, 1.807) is 29.1 Å². The van der Waals surface area contributed by atoms with Gasteiger partial charge in [-0.1, -0.05) is 43.8 Å². The Morgan fingerprint density at radius 2 is 1.77 bits per heavy atom. The number of benzene rings is 1. The molecule has 3 aromatic rings. The molecule has 0 aliphatic carbocycles. The summed E-state index contributed by atoms with van der Waals surface area (Å²) in [6.07, 6.45) is 3.16. The van der Waals surface area contributed by atoms with Crippen molar-refractivity contribution in [3.63, 3.8) is 0 Å². The largest absolute Gasteiger partial charge is 0.450 e. The minimum atomic E-state index is -0.325. The molecule has 0 bridgehead atoms. The number of piperazine rings is 1. The van der Waals surface area contributed by atoms with Crippen LogP contribution >= 0.6 is 11.8 Å². The van der Waals surface area contributed by atoms with E-state index >= 15 is 0 Å². The van der Waals surface area contributed by atoms with Crippen molar-refractivity contribution in [2.45, 2.75) is 31.8 Å². The molecule has 35 heavy (non-hydrogen) atoms. The number of para-hydroxylation sites is 1. The SMILES string of the molecule is CCOC(=O)N1CCN(C(=O)CSc2nnc(-c3cccnc3)n2-c2ccccc2C(C)C)CC1. The summed E-state index contributed by atoms with van der Waals surface area (Å²) in [5.74, 6) is 1.22. The molecule has 1 fully saturated rings. The van der Waals surface area contributed by atoms with Crippen LogP contribution in [0.3, 0.4) is 0 Å². The quantitative estimate of drug-likeness (QED) is 0.461. The number of ether oxygens (including phenoxy) is 1. The maximum absolute atomic E-state index is 13.0. The van der Waals surface area contributed by atoms with Crippen LogP contribution in [0.15, 0.2) is 53.9 Å². The average Bonchev–Trinajstić information content (AvgIpc) is 3.31. The number of hydrogen-bond donors (Lipinski definition) is 0. The Balaban J connectivity index is 1.54. The number of carbonyl (C=O) groups is 2. The minimum Gasteiger partial charge on any atom is -0.450 e. The van der Waals surface area contributed by atoms with Crippen LogP contribution in [0.25, 0.3) is 17.1 Å². The monoisotopic (exact) mass is 494 g/mol. The third-order valence-corrected chi connectivity index (χ3v) is 6.75. The molecule has 3 heterocycles. The molecule has 4 rings (SSSR count). The highest BCUT2D eigenvalue weighted by Crippen LogP contribution is 2.32. The van der Waals surface area contributed by atoms with E-state index in [1.807, 2.05) is 28.8 Å². The zero-order valence-corrected chi connectivity index (χ0v) is 21.1. The molecule has 0 unspecified atom stereocenters. The lowest BCUT2D eigenvalue weighted by Gasteiger charge is -2.34. The predicted octanol–water partition coefficient (Wildman–Crippen LogP) is 3.85.